The first kappa shape index (κ1) is 23.4. The van der Waals surface area contributed by atoms with E-state index in [-0.39, 0.29) is 0 Å². The van der Waals surface area contributed by atoms with E-state index in [9.17, 15) is 0 Å². The second kappa shape index (κ2) is 13.2. The zero-order chi connectivity index (χ0) is 22.4. The number of nitrogens with zero attached hydrogens (tertiary/aromatic N) is 4. The Bertz CT molecular complexity index is 1010. The molecular formula is C26H34N6. The molecule has 0 atom stereocenters. The van der Waals surface area contributed by atoms with Crippen LogP contribution in [0.15, 0.2) is 85.7 Å². The van der Waals surface area contributed by atoms with Gasteiger partial charge in [0.15, 0.2) is 0 Å². The predicted octanol–water partition coefficient (Wildman–Crippen LogP) is 3.96. The molecule has 0 aliphatic carbocycles. The van der Waals surface area contributed by atoms with Crippen molar-refractivity contribution in [3.63, 3.8) is 0 Å². The number of aryl methyl sites for hydroxylation is 2. The van der Waals surface area contributed by atoms with Crippen molar-refractivity contribution in [2.75, 3.05) is 13.1 Å². The number of hydrogen-bond acceptors (Lipinski definition) is 4. The molecule has 0 bridgehead atoms. The van der Waals surface area contributed by atoms with Gasteiger partial charge in [0.25, 0.3) is 0 Å². The largest absolute Gasteiger partial charge is 0.336 e. The molecule has 2 aromatic carbocycles. The number of nitrogens with one attached hydrogen (secondary N) is 2. The lowest BCUT2D eigenvalue weighted by Gasteiger charge is -2.07. The third-order valence-corrected chi connectivity index (χ3v) is 5.10. The fraction of sp³-hybridized carbons (Fsp3) is 0.308. The van der Waals surface area contributed by atoms with Crippen LogP contribution >= 0.6 is 0 Å². The molecular weight excluding hydrogens is 396 g/mol. The minimum atomic E-state index is 0.925. The van der Waals surface area contributed by atoms with Gasteiger partial charge in [-0.1, -0.05) is 60.7 Å². The van der Waals surface area contributed by atoms with Crippen LogP contribution in [0.2, 0.25) is 0 Å². The summed E-state index contributed by atoms with van der Waals surface area (Å²) in [5.74, 6) is 0. The second-order valence-corrected chi connectivity index (χ2v) is 7.81. The summed E-state index contributed by atoms with van der Waals surface area (Å²) >= 11 is 0. The van der Waals surface area contributed by atoms with E-state index in [2.05, 4.69) is 91.4 Å². The van der Waals surface area contributed by atoms with Crippen LogP contribution in [0.1, 0.15) is 22.5 Å². The van der Waals surface area contributed by atoms with Crippen molar-refractivity contribution < 1.29 is 0 Å². The lowest BCUT2D eigenvalue weighted by molar-refractivity contribution is 0.589. The van der Waals surface area contributed by atoms with E-state index in [0.29, 0.717) is 0 Å². The highest BCUT2D eigenvalue weighted by molar-refractivity contribution is 5.14. The van der Waals surface area contributed by atoms with Crippen LogP contribution in [-0.2, 0) is 26.2 Å². The highest BCUT2D eigenvalue weighted by atomic mass is 15.1. The molecule has 32 heavy (non-hydrogen) atoms. The van der Waals surface area contributed by atoms with E-state index >= 15 is 0 Å². The lowest BCUT2D eigenvalue weighted by Crippen LogP contribution is -2.19. The van der Waals surface area contributed by atoms with Crippen molar-refractivity contribution in [3.05, 3.63) is 108 Å². The van der Waals surface area contributed by atoms with E-state index in [4.69, 9.17) is 0 Å². The van der Waals surface area contributed by atoms with Crippen molar-refractivity contribution in [2.24, 2.45) is 0 Å². The first-order chi connectivity index (χ1) is 15.7. The number of hydrogen-bond donors (Lipinski definition) is 2. The molecule has 0 saturated carbocycles. The normalized spacial score (nSPS) is 10.6. The van der Waals surface area contributed by atoms with Crippen molar-refractivity contribution >= 4 is 0 Å². The molecule has 0 aliphatic heterocycles. The summed E-state index contributed by atoms with van der Waals surface area (Å²) in [4.78, 5) is 8.28. The van der Waals surface area contributed by atoms with Gasteiger partial charge in [-0.2, -0.15) is 0 Å². The molecule has 2 heterocycles. The zero-order valence-corrected chi connectivity index (χ0v) is 19.1. The maximum atomic E-state index is 4.19. The third-order valence-electron chi connectivity index (χ3n) is 5.10. The van der Waals surface area contributed by atoms with Crippen molar-refractivity contribution in [3.8, 4) is 0 Å². The molecule has 6 heteroatoms. The summed E-state index contributed by atoms with van der Waals surface area (Å²) in [6.45, 7) is 9.80. The molecule has 0 radical (unpaired) electrons. The molecule has 0 aliphatic rings. The topological polar surface area (TPSA) is 59.7 Å². The summed E-state index contributed by atoms with van der Waals surface area (Å²) in [6.07, 6.45) is 7.69. The molecule has 4 rings (SSSR count). The van der Waals surface area contributed by atoms with Gasteiger partial charge in [-0.25, -0.2) is 9.97 Å². The van der Waals surface area contributed by atoms with Gasteiger partial charge in [-0.3, -0.25) is 0 Å². The molecule has 0 unspecified atom stereocenters. The van der Waals surface area contributed by atoms with E-state index < -0.39 is 0 Å². The second-order valence-electron chi connectivity index (χ2n) is 7.81. The first-order valence-electron chi connectivity index (χ1n) is 11.1. The fourth-order valence-electron chi connectivity index (χ4n) is 3.28. The van der Waals surface area contributed by atoms with Gasteiger partial charge in [0.2, 0.25) is 0 Å². The van der Waals surface area contributed by atoms with Crippen LogP contribution in [0.25, 0.3) is 0 Å². The molecule has 0 fully saturated rings. The molecule has 6 nitrogen and oxygen atoms in total. The number of rotatable bonds is 10. The maximum Gasteiger partial charge on any atom is 0.0949 e. The van der Waals surface area contributed by atoms with Crippen LogP contribution in [0.5, 0.6) is 0 Å². The smallest absolute Gasteiger partial charge is 0.0949 e. The van der Waals surface area contributed by atoms with E-state index in [1.165, 1.54) is 16.8 Å². The van der Waals surface area contributed by atoms with E-state index in [1.807, 2.05) is 37.9 Å². The van der Waals surface area contributed by atoms with Gasteiger partial charge in [0.1, 0.15) is 0 Å². The standard InChI is InChI=1S/2C13H17N3/c1-12-10-16(11-15-12)8-7-14-9-13-5-3-2-4-6-13;1-12-9-15-11-16(12)8-7-14-10-13-5-3-2-4-6-13/h2-6,10-11,14H,7-9H2,1H3;2-6,9,11,14H,7-8,10H2,1H3. The first-order valence-corrected chi connectivity index (χ1v) is 11.1. The Labute approximate surface area is 191 Å². The predicted molar refractivity (Wildman–Crippen MR) is 130 cm³/mol. The SMILES string of the molecule is Cc1cn(CCNCc2ccccc2)cn1.Cc1cncn1CCNCc1ccccc1. The monoisotopic (exact) mass is 430 g/mol. The lowest BCUT2D eigenvalue weighted by atomic mass is 10.2. The number of benzene rings is 2. The summed E-state index contributed by atoms with van der Waals surface area (Å²) in [5, 5.41) is 6.83. The van der Waals surface area contributed by atoms with Crippen LogP contribution in [0, 0.1) is 13.8 Å². The van der Waals surface area contributed by atoms with Gasteiger partial charge in [-0.05, 0) is 25.0 Å². The molecule has 0 amide bonds. The van der Waals surface area contributed by atoms with E-state index in [1.54, 1.807) is 0 Å². The summed E-state index contributed by atoms with van der Waals surface area (Å²) < 4.78 is 4.26. The Morgan fingerprint density at radius 3 is 1.84 bits per heavy atom. The molecule has 168 valence electrons. The molecule has 2 aromatic heterocycles. The van der Waals surface area contributed by atoms with Crippen molar-refractivity contribution in [1.29, 1.82) is 0 Å². The van der Waals surface area contributed by atoms with Crippen LogP contribution in [0.4, 0.5) is 0 Å². The number of aromatic nitrogens is 4. The Balaban J connectivity index is 0.000000181. The zero-order valence-electron chi connectivity index (χ0n) is 19.1. The number of imidazole rings is 2. The van der Waals surface area contributed by atoms with Gasteiger partial charge < -0.3 is 19.8 Å². The molecule has 0 saturated heterocycles. The fourth-order valence-corrected chi connectivity index (χ4v) is 3.28. The minimum absolute atomic E-state index is 0.925. The third kappa shape index (κ3) is 8.49. The van der Waals surface area contributed by atoms with Gasteiger partial charge in [0, 0.05) is 57.4 Å². The Kier molecular flexibility index (Phi) is 9.71. The van der Waals surface area contributed by atoms with Gasteiger partial charge in [0.05, 0.1) is 18.3 Å². The molecule has 4 aromatic rings. The summed E-state index contributed by atoms with van der Waals surface area (Å²) in [7, 11) is 0. The average Bonchev–Trinajstić information content (AvgIpc) is 3.44. The van der Waals surface area contributed by atoms with Gasteiger partial charge >= 0.3 is 0 Å². The van der Waals surface area contributed by atoms with Crippen LogP contribution in [-0.4, -0.2) is 32.2 Å². The van der Waals surface area contributed by atoms with Crippen molar-refractivity contribution in [2.45, 2.75) is 40.0 Å². The average molecular weight is 431 g/mol. The Morgan fingerprint density at radius 1 is 0.750 bits per heavy atom. The van der Waals surface area contributed by atoms with Gasteiger partial charge in [-0.15, -0.1) is 0 Å². The molecule has 2 N–H and O–H groups in total. The van der Waals surface area contributed by atoms with Crippen molar-refractivity contribution in [1.82, 2.24) is 29.7 Å². The quantitative estimate of drug-likeness (QED) is 0.374. The Hall–Kier alpha value is -3.22. The molecule has 0 spiro atoms. The highest BCUT2D eigenvalue weighted by Crippen LogP contribution is 1.99. The van der Waals surface area contributed by atoms with Crippen LogP contribution in [0.3, 0.4) is 0 Å². The maximum absolute atomic E-state index is 4.19. The Morgan fingerprint density at radius 2 is 1.34 bits per heavy atom. The summed E-state index contributed by atoms with van der Waals surface area (Å²) in [6, 6.07) is 20.9. The highest BCUT2D eigenvalue weighted by Gasteiger charge is 1.96. The summed E-state index contributed by atoms with van der Waals surface area (Å²) in [5.41, 5.74) is 4.93. The van der Waals surface area contributed by atoms with E-state index in [0.717, 1.165) is 45.0 Å². The minimum Gasteiger partial charge on any atom is -0.336 e. The van der Waals surface area contributed by atoms with Crippen LogP contribution < -0.4 is 10.6 Å².